The summed E-state index contributed by atoms with van der Waals surface area (Å²) in [7, 11) is 2.95. The molecule has 0 unspecified atom stereocenters. The van der Waals surface area contributed by atoms with Gasteiger partial charge < -0.3 is 14.2 Å². The van der Waals surface area contributed by atoms with E-state index in [-0.39, 0.29) is 30.2 Å². The fourth-order valence-corrected chi connectivity index (χ4v) is 3.97. The summed E-state index contributed by atoms with van der Waals surface area (Å²) in [5.41, 5.74) is 0.103. The number of benzene rings is 2. The number of methoxy groups -OCH3 is 2. The van der Waals surface area contributed by atoms with Gasteiger partial charge in [-0.1, -0.05) is 45.9 Å². The van der Waals surface area contributed by atoms with E-state index in [1.807, 2.05) is 27.7 Å². The lowest BCUT2D eigenvalue weighted by Gasteiger charge is -2.33. The molecule has 2 aromatic carbocycles. The van der Waals surface area contributed by atoms with Crippen LogP contribution in [0.25, 0.3) is 0 Å². The zero-order valence-electron chi connectivity index (χ0n) is 21.1. The summed E-state index contributed by atoms with van der Waals surface area (Å²) in [5.74, 6) is 0.225. The lowest BCUT2D eigenvalue weighted by atomic mass is 9.97. The number of nitrogens with zero attached hydrogens (tertiary/aromatic N) is 2. The highest BCUT2D eigenvalue weighted by atomic mass is 19.4. The van der Waals surface area contributed by atoms with Crippen molar-refractivity contribution >= 4 is 11.5 Å². The predicted molar refractivity (Wildman–Crippen MR) is 130 cm³/mol. The second-order valence-corrected chi connectivity index (χ2v) is 7.17. The number of allylic oxidation sites excluding steroid dienone is 1. The van der Waals surface area contributed by atoms with Crippen LogP contribution < -0.4 is 14.4 Å². The fraction of sp³-hybridized carbons (Fsp3) is 0.423. The SMILES string of the molecule is CC.CC.COc1cccc([C@H]2OCC3=NCC(C)=C(C(F)(F)F)N3c3cc(F)ccc32)c1OC. The van der Waals surface area contributed by atoms with Crippen molar-refractivity contribution in [3.63, 3.8) is 0 Å². The lowest BCUT2D eigenvalue weighted by Crippen LogP contribution is -2.42. The zero-order valence-corrected chi connectivity index (χ0v) is 21.1. The van der Waals surface area contributed by atoms with E-state index in [2.05, 4.69) is 4.99 Å². The quantitative estimate of drug-likeness (QED) is 0.427. The number of halogens is 4. The van der Waals surface area contributed by atoms with Crippen LogP contribution in [0.5, 0.6) is 11.5 Å². The van der Waals surface area contributed by atoms with Gasteiger partial charge in [-0.05, 0) is 30.7 Å². The Hall–Kier alpha value is -3.07. The molecule has 0 radical (unpaired) electrons. The van der Waals surface area contributed by atoms with Gasteiger partial charge in [-0.15, -0.1) is 0 Å². The summed E-state index contributed by atoms with van der Waals surface area (Å²) in [6.45, 7) is 9.06. The van der Waals surface area contributed by atoms with Gasteiger partial charge in [-0.2, -0.15) is 13.2 Å². The second kappa shape index (κ2) is 12.1. The van der Waals surface area contributed by atoms with Crippen molar-refractivity contribution in [1.29, 1.82) is 0 Å². The topological polar surface area (TPSA) is 43.3 Å². The van der Waals surface area contributed by atoms with Crippen molar-refractivity contribution in [2.45, 2.75) is 46.9 Å². The molecule has 0 saturated carbocycles. The number of hydrogen-bond donors (Lipinski definition) is 0. The number of alkyl halides is 3. The first kappa shape index (κ1) is 28.2. The average Bonchev–Trinajstić information content (AvgIpc) is 3.01. The molecule has 0 N–H and O–H groups in total. The van der Waals surface area contributed by atoms with E-state index in [0.717, 1.165) is 11.0 Å². The van der Waals surface area contributed by atoms with Gasteiger partial charge in [0.15, 0.2) is 11.5 Å². The lowest BCUT2D eigenvalue weighted by molar-refractivity contribution is -0.0933. The maximum Gasteiger partial charge on any atom is 0.431 e. The van der Waals surface area contributed by atoms with Crippen molar-refractivity contribution < 1.29 is 31.8 Å². The van der Waals surface area contributed by atoms with Gasteiger partial charge in [0, 0.05) is 11.1 Å². The summed E-state index contributed by atoms with van der Waals surface area (Å²) >= 11 is 0. The Labute approximate surface area is 204 Å². The molecule has 35 heavy (non-hydrogen) atoms. The van der Waals surface area contributed by atoms with Crippen molar-refractivity contribution in [2.75, 3.05) is 32.3 Å². The Balaban J connectivity index is 0.00000103. The summed E-state index contributed by atoms with van der Waals surface area (Å²) in [5, 5.41) is 0. The molecule has 192 valence electrons. The van der Waals surface area contributed by atoms with Crippen LogP contribution in [0.15, 0.2) is 52.7 Å². The predicted octanol–water partition coefficient (Wildman–Crippen LogP) is 7.07. The average molecular weight is 497 g/mol. The first-order valence-corrected chi connectivity index (χ1v) is 11.5. The van der Waals surface area contributed by atoms with Gasteiger partial charge >= 0.3 is 6.18 Å². The van der Waals surface area contributed by atoms with E-state index in [0.29, 0.717) is 22.6 Å². The van der Waals surface area contributed by atoms with E-state index >= 15 is 0 Å². The number of para-hydroxylation sites is 1. The van der Waals surface area contributed by atoms with E-state index in [1.54, 1.807) is 18.2 Å². The van der Waals surface area contributed by atoms with Crippen molar-refractivity contribution in [2.24, 2.45) is 4.99 Å². The van der Waals surface area contributed by atoms with Gasteiger partial charge in [-0.25, -0.2) is 4.39 Å². The third kappa shape index (κ3) is 5.61. The van der Waals surface area contributed by atoms with Crippen LogP contribution in [0.2, 0.25) is 0 Å². The van der Waals surface area contributed by atoms with E-state index in [9.17, 15) is 17.6 Å². The van der Waals surface area contributed by atoms with Crippen LogP contribution in [0.1, 0.15) is 51.8 Å². The first-order chi connectivity index (χ1) is 16.8. The summed E-state index contributed by atoms with van der Waals surface area (Å²) in [6.07, 6.45) is -5.48. The van der Waals surface area contributed by atoms with E-state index < -0.39 is 23.8 Å². The maximum absolute atomic E-state index is 14.3. The molecule has 0 saturated heterocycles. The highest BCUT2D eigenvalue weighted by molar-refractivity contribution is 6.04. The Bertz CT molecular complexity index is 1080. The molecule has 0 aliphatic carbocycles. The molecule has 2 aliphatic heterocycles. The molecule has 2 aliphatic rings. The molecule has 9 heteroatoms. The molecule has 4 rings (SSSR count). The van der Waals surface area contributed by atoms with Gasteiger partial charge in [0.05, 0.1) is 26.5 Å². The van der Waals surface area contributed by atoms with E-state index in [1.165, 1.54) is 33.3 Å². The van der Waals surface area contributed by atoms with Crippen molar-refractivity contribution in [3.05, 3.63) is 64.6 Å². The summed E-state index contributed by atoms with van der Waals surface area (Å²) in [4.78, 5) is 5.23. The molecule has 1 atom stereocenters. The molecule has 5 nitrogen and oxygen atoms in total. The molecule has 0 spiro atoms. The van der Waals surface area contributed by atoms with Crippen molar-refractivity contribution in [1.82, 2.24) is 0 Å². The van der Waals surface area contributed by atoms with Gasteiger partial charge in [0.2, 0.25) is 0 Å². The zero-order chi connectivity index (χ0) is 26.3. The smallest absolute Gasteiger partial charge is 0.431 e. The summed E-state index contributed by atoms with van der Waals surface area (Å²) < 4.78 is 73.1. The fourth-order valence-electron chi connectivity index (χ4n) is 3.97. The largest absolute Gasteiger partial charge is 0.493 e. The van der Waals surface area contributed by atoms with Crippen LogP contribution in [0, 0.1) is 5.82 Å². The highest BCUT2D eigenvalue weighted by Gasteiger charge is 2.45. The number of hydrogen-bond acceptors (Lipinski definition) is 5. The Morgan fingerprint density at radius 3 is 2.29 bits per heavy atom. The molecule has 0 bridgehead atoms. The third-order valence-corrected chi connectivity index (χ3v) is 5.26. The van der Waals surface area contributed by atoms with Crippen LogP contribution >= 0.6 is 0 Å². The number of anilines is 1. The molecule has 2 heterocycles. The van der Waals surface area contributed by atoms with Crippen LogP contribution in [0.4, 0.5) is 23.2 Å². The number of rotatable bonds is 3. The molecule has 0 fully saturated rings. The first-order valence-electron chi connectivity index (χ1n) is 11.5. The van der Waals surface area contributed by atoms with E-state index in [4.69, 9.17) is 14.2 Å². The molecule has 0 amide bonds. The minimum Gasteiger partial charge on any atom is -0.493 e. The Kier molecular flexibility index (Phi) is 9.71. The molecular formula is C26H32F4N2O3. The van der Waals surface area contributed by atoms with Gasteiger partial charge in [0.1, 0.15) is 30.1 Å². The standard InChI is InChI=1S/C22H20F4N2O3.2C2H6/c1-12-10-27-18-11-31-19(15-5-4-6-17(29-2)20(15)30-3)14-8-7-13(23)9-16(14)28(18)21(12)22(24,25)26;2*1-2/h4-9,19H,10-11H2,1-3H3;2*1-2H3/t19-;;/m0../s1. The van der Waals surface area contributed by atoms with Crippen LogP contribution in [-0.2, 0) is 4.74 Å². The number of aliphatic imine (C=N–C) groups is 1. The molecule has 0 aromatic heterocycles. The number of ether oxygens (including phenoxy) is 3. The molecule has 2 aromatic rings. The van der Waals surface area contributed by atoms with Gasteiger partial charge in [-0.3, -0.25) is 9.89 Å². The van der Waals surface area contributed by atoms with Crippen molar-refractivity contribution in [3.8, 4) is 11.5 Å². The minimum atomic E-state index is -4.65. The van der Waals surface area contributed by atoms with Crippen LogP contribution in [-0.4, -0.2) is 39.4 Å². The highest BCUT2D eigenvalue weighted by Crippen LogP contribution is 2.46. The van der Waals surface area contributed by atoms with Gasteiger partial charge in [0.25, 0.3) is 0 Å². The second-order valence-electron chi connectivity index (χ2n) is 7.17. The number of amidine groups is 1. The molecular weight excluding hydrogens is 464 g/mol. The summed E-state index contributed by atoms with van der Waals surface area (Å²) in [6, 6.07) is 8.85. The van der Waals surface area contributed by atoms with Crippen LogP contribution in [0.3, 0.4) is 0 Å². The Morgan fingerprint density at radius 2 is 1.69 bits per heavy atom. The number of fused-ring (bicyclic) bond motifs is 3. The monoisotopic (exact) mass is 496 g/mol. The Morgan fingerprint density at radius 1 is 1.00 bits per heavy atom. The minimum absolute atomic E-state index is 0.0255. The maximum atomic E-state index is 14.3. The normalized spacial score (nSPS) is 16.9. The third-order valence-electron chi connectivity index (χ3n) is 5.26.